The molecule has 17 heavy (non-hydrogen) atoms. The molecule has 0 aliphatic heterocycles. The Hall–Kier alpha value is -1.16. The Balaban J connectivity index is 2.12. The summed E-state index contributed by atoms with van der Waals surface area (Å²) in [5.74, 6) is 0.680. The van der Waals surface area contributed by atoms with Crippen LogP contribution in [0, 0.1) is 19.3 Å². The second kappa shape index (κ2) is 4.61. The minimum Gasteiger partial charge on any atom is -0.396 e. The number of nitrogens with one attached hydrogen (secondary N) is 1. The highest BCUT2D eigenvalue weighted by Gasteiger charge is 2.38. The van der Waals surface area contributed by atoms with Crippen molar-refractivity contribution in [3.63, 3.8) is 0 Å². The molecule has 0 aromatic carbocycles. The van der Waals surface area contributed by atoms with E-state index in [0.717, 1.165) is 30.5 Å². The molecule has 0 spiro atoms. The van der Waals surface area contributed by atoms with Crippen molar-refractivity contribution in [1.29, 1.82) is 0 Å². The molecule has 0 unspecified atom stereocenters. The number of aliphatic hydroxyl groups is 1. The Morgan fingerprint density at radius 1 is 1.53 bits per heavy atom. The fourth-order valence-corrected chi connectivity index (χ4v) is 2.42. The number of aliphatic hydroxyl groups excluding tert-OH is 1. The van der Waals surface area contributed by atoms with E-state index in [0.29, 0.717) is 5.95 Å². The minimum absolute atomic E-state index is 0.0395. The van der Waals surface area contributed by atoms with Crippen molar-refractivity contribution in [1.82, 2.24) is 9.97 Å². The number of rotatable bonds is 3. The van der Waals surface area contributed by atoms with Crippen LogP contribution in [0.4, 0.5) is 5.95 Å². The van der Waals surface area contributed by atoms with Gasteiger partial charge in [-0.15, -0.1) is 0 Å². The van der Waals surface area contributed by atoms with Gasteiger partial charge >= 0.3 is 0 Å². The summed E-state index contributed by atoms with van der Waals surface area (Å²) in [5, 5.41) is 12.9. The molecule has 0 radical (unpaired) electrons. The highest BCUT2D eigenvalue weighted by atomic mass is 16.3. The van der Waals surface area contributed by atoms with Gasteiger partial charge in [-0.2, -0.15) is 0 Å². The summed E-state index contributed by atoms with van der Waals surface area (Å²) < 4.78 is 0. The van der Waals surface area contributed by atoms with Crippen LogP contribution in [0.15, 0.2) is 6.20 Å². The summed E-state index contributed by atoms with van der Waals surface area (Å²) in [6.07, 6.45) is 5.13. The number of hydrogen-bond acceptors (Lipinski definition) is 4. The summed E-state index contributed by atoms with van der Waals surface area (Å²) in [5.41, 5.74) is 2.07. The molecule has 1 aliphatic carbocycles. The van der Waals surface area contributed by atoms with Gasteiger partial charge in [-0.1, -0.05) is 13.3 Å². The highest BCUT2D eigenvalue weighted by molar-refractivity contribution is 5.31. The average Bonchev–Trinajstić information content (AvgIpc) is 2.67. The standard InChI is InChI=1S/C13H21N3O/c1-9-7-14-12(15-10(9)2)16-11-5-4-6-13(11,3)8-17/h7,11,17H,4-6,8H2,1-3H3,(H,14,15,16)/t11-,13-/m1/s1. The molecular formula is C13H21N3O. The number of anilines is 1. The smallest absolute Gasteiger partial charge is 0.223 e. The van der Waals surface area contributed by atoms with Gasteiger partial charge in [0.1, 0.15) is 0 Å². The Kier molecular flexibility index (Phi) is 3.33. The average molecular weight is 235 g/mol. The largest absolute Gasteiger partial charge is 0.396 e. The van der Waals surface area contributed by atoms with Crippen molar-refractivity contribution in [2.45, 2.75) is 46.1 Å². The Morgan fingerprint density at radius 3 is 2.94 bits per heavy atom. The number of aromatic nitrogens is 2. The maximum atomic E-state index is 9.49. The highest BCUT2D eigenvalue weighted by Crippen LogP contribution is 2.38. The van der Waals surface area contributed by atoms with Gasteiger partial charge in [-0.25, -0.2) is 9.97 Å². The number of hydrogen-bond donors (Lipinski definition) is 2. The minimum atomic E-state index is -0.0395. The topological polar surface area (TPSA) is 58.0 Å². The first-order chi connectivity index (χ1) is 8.05. The lowest BCUT2D eigenvalue weighted by Crippen LogP contribution is -2.37. The summed E-state index contributed by atoms with van der Waals surface area (Å²) in [6.45, 7) is 6.34. The molecule has 0 bridgehead atoms. The summed E-state index contributed by atoms with van der Waals surface area (Å²) in [6, 6.07) is 0.273. The predicted octanol–water partition coefficient (Wildman–Crippen LogP) is 2.06. The molecular weight excluding hydrogens is 214 g/mol. The monoisotopic (exact) mass is 235 g/mol. The van der Waals surface area contributed by atoms with Crippen LogP contribution in [0.1, 0.15) is 37.4 Å². The molecule has 2 N–H and O–H groups in total. The van der Waals surface area contributed by atoms with Gasteiger partial charge < -0.3 is 10.4 Å². The van der Waals surface area contributed by atoms with Crippen molar-refractivity contribution in [2.24, 2.45) is 5.41 Å². The Labute approximate surface area is 102 Å². The third-order valence-corrected chi connectivity index (χ3v) is 3.97. The molecule has 2 rings (SSSR count). The van der Waals surface area contributed by atoms with E-state index in [2.05, 4.69) is 22.2 Å². The maximum Gasteiger partial charge on any atom is 0.223 e. The van der Waals surface area contributed by atoms with E-state index < -0.39 is 0 Å². The Bertz CT molecular complexity index is 408. The van der Waals surface area contributed by atoms with Crippen LogP contribution in [-0.4, -0.2) is 27.7 Å². The normalized spacial score (nSPS) is 28.4. The van der Waals surface area contributed by atoms with E-state index in [1.54, 1.807) is 0 Å². The lowest BCUT2D eigenvalue weighted by atomic mass is 9.86. The van der Waals surface area contributed by atoms with Crippen molar-refractivity contribution >= 4 is 5.95 Å². The molecule has 1 saturated carbocycles. The van der Waals surface area contributed by atoms with E-state index in [1.165, 1.54) is 0 Å². The van der Waals surface area contributed by atoms with Crippen LogP contribution in [0.5, 0.6) is 0 Å². The zero-order chi connectivity index (χ0) is 12.5. The maximum absolute atomic E-state index is 9.49. The van der Waals surface area contributed by atoms with Gasteiger partial charge in [0.15, 0.2) is 0 Å². The van der Waals surface area contributed by atoms with Gasteiger partial charge in [0, 0.05) is 23.3 Å². The van der Waals surface area contributed by atoms with E-state index in [9.17, 15) is 5.11 Å². The zero-order valence-corrected chi connectivity index (χ0v) is 10.8. The molecule has 1 fully saturated rings. The first kappa shape index (κ1) is 12.3. The zero-order valence-electron chi connectivity index (χ0n) is 10.8. The van der Waals surface area contributed by atoms with Crippen LogP contribution in [0.2, 0.25) is 0 Å². The third kappa shape index (κ3) is 2.41. The third-order valence-electron chi connectivity index (χ3n) is 3.97. The SMILES string of the molecule is Cc1cnc(N[C@@H]2CCC[C@]2(C)CO)nc1C. The van der Waals surface area contributed by atoms with Gasteiger partial charge in [-0.05, 0) is 32.3 Å². The summed E-state index contributed by atoms with van der Waals surface area (Å²) in [4.78, 5) is 8.73. The van der Waals surface area contributed by atoms with Gasteiger partial charge in [-0.3, -0.25) is 0 Å². The molecule has 94 valence electrons. The van der Waals surface area contributed by atoms with E-state index in [1.807, 2.05) is 20.0 Å². The van der Waals surface area contributed by atoms with Gasteiger partial charge in [0.05, 0.1) is 6.61 Å². The Morgan fingerprint density at radius 2 is 2.29 bits per heavy atom. The first-order valence-electron chi connectivity index (χ1n) is 6.23. The molecule has 1 aromatic rings. The molecule has 4 nitrogen and oxygen atoms in total. The molecule has 4 heteroatoms. The van der Waals surface area contributed by atoms with Crippen LogP contribution in [0.3, 0.4) is 0 Å². The van der Waals surface area contributed by atoms with Crippen LogP contribution in [-0.2, 0) is 0 Å². The van der Waals surface area contributed by atoms with Crippen LogP contribution < -0.4 is 5.32 Å². The lowest BCUT2D eigenvalue weighted by Gasteiger charge is -2.30. The second-order valence-electron chi connectivity index (χ2n) is 5.36. The van der Waals surface area contributed by atoms with E-state index in [-0.39, 0.29) is 18.1 Å². The predicted molar refractivity (Wildman–Crippen MR) is 68.0 cm³/mol. The molecule has 1 aromatic heterocycles. The number of nitrogens with zero attached hydrogens (tertiary/aromatic N) is 2. The number of aryl methyl sites for hydroxylation is 2. The molecule has 1 aliphatic rings. The van der Waals surface area contributed by atoms with Crippen molar-refractivity contribution in [3.8, 4) is 0 Å². The molecule has 0 amide bonds. The first-order valence-corrected chi connectivity index (χ1v) is 6.23. The summed E-state index contributed by atoms with van der Waals surface area (Å²) in [7, 11) is 0. The van der Waals surface area contributed by atoms with Crippen LogP contribution >= 0.6 is 0 Å². The van der Waals surface area contributed by atoms with Crippen LogP contribution in [0.25, 0.3) is 0 Å². The molecule has 2 atom stereocenters. The summed E-state index contributed by atoms with van der Waals surface area (Å²) >= 11 is 0. The van der Waals surface area contributed by atoms with Gasteiger partial charge in [0.2, 0.25) is 5.95 Å². The van der Waals surface area contributed by atoms with Crippen molar-refractivity contribution in [3.05, 3.63) is 17.5 Å². The fraction of sp³-hybridized carbons (Fsp3) is 0.692. The fourth-order valence-electron chi connectivity index (χ4n) is 2.42. The van der Waals surface area contributed by atoms with Crippen molar-refractivity contribution in [2.75, 3.05) is 11.9 Å². The molecule has 1 heterocycles. The van der Waals surface area contributed by atoms with E-state index in [4.69, 9.17) is 0 Å². The van der Waals surface area contributed by atoms with Crippen molar-refractivity contribution < 1.29 is 5.11 Å². The quantitative estimate of drug-likeness (QED) is 0.842. The molecule has 0 saturated heterocycles. The second-order valence-corrected chi connectivity index (χ2v) is 5.36. The van der Waals surface area contributed by atoms with Gasteiger partial charge in [0.25, 0.3) is 0 Å². The van der Waals surface area contributed by atoms with E-state index >= 15 is 0 Å². The lowest BCUT2D eigenvalue weighted by molar-refractivity contribution is 0.138.